The van der Waals surface area contributed by atoms with Crippen LogP contribution in [0.4, 0.5) is 0 Å². The highest BCUT2D eigenvalue weighted by molar-refractivity contribution is 5.08. The van der Waals surface area contributed by atoms with E-state index in [1.807, 2.05) is 35.3 Å². The molecule has 0 saturated heterocycles. The molecule has 2 unspecified atom stereocenters. The van der Waals surface area contributed by atoms with Crippen molar-refractivity contribution in [1.82, 2.24) is 20.0 Å². The fourth-order valence-electron chi connectivity index (χ4n) is 2.78. The molecule has 0 amide bonds. The molecule has 0 aromatic carbocycles. The maximum Gasteiger partial charge on any atom is 0.0830 e. The lowest BCUT2D eigenvalue weighted by Crippen LogP contribution is -2.12. The summed E-state index contributed by atoms with van der Waals surface area (Å²) in [6.07, 6.45) is 7.15. The van der Waals surface area contributed by atoms with Gasteiger partial charge in [0.05, 0.1) is 12.2 Å². The molecule has 2 atom stereocenters. The third-order valence-corrected chi connectivity index (χ3v) is 4.23. The third kappa shape index (κ3) is 3.67. The van der Waals surface area contributed by atoms with Gasteiger partial charge in [0.25, 0.3) is 0 Å². The van der Waals surface area contributed by atoms with E-state index in [1.54, 1.807) is 0 Å². The van der Waals surface area contributed by atoms with Crippen molar-refractivity contribution in [2.24, 2.45) is 11.8 Å². The fraction of sp³-hybridized carbons (Fsp3) is 0.562. The first-order valence-corrected chi connectivity index (χ1v) is 7.67. The van der Waals surface area contributed by atoms with Crippen LogP contribution in [0, 0.1) is 11.8 Å². The second-order valence-electron chi connectivity index (χ2n) is 6.07. The minimum absolute atomic E-state index is 0.252. The van der Waals surface area contributed by atoms with E-state index in [0.29, 0.717) is 17.8 Å². The average Bonchev–Trinajstić information content (AvgIpc) is 3.27. The van der Waals surface area contributed by atoms with E-state index in [9.17, 15) is 5.11 Å². The van der Waals surface area contributed by atoms with Crippen LogP contribution < -0.4 is 0 Å². The summed E-state index contributed by atoms with van der Waals surface area (Å²) in [6.45, 7) is 3.17. The summed E-state index contributed by atoms with van der Waals surface area (Å²) in [6, 6.07) is 5.97. The normalized spacial score (nSPS) is 17.6. The number of aliphatic hydroxyl groups is 1. The summed E-state index contributed by atoms with van der Waals surface area (Å²) in [7, 11) is 0. The van der Waals surface area contributed by atoms with E-state index in [4.69, 9.17) is 0 Å². The molecule has 1 aliphatic carbocycles. The number of pyridine rings is 1. The van der Waals surface area contributed by atoms with Gasteiger partial charge in [-0.25, -0.2) is 0 Å². The van der Waals surface area contributed by atoms with E-state index in [2.05, 4.69) is 22.2 Å². The molecule has 21 heavy (non-hydrogen) atoms. The molecule has 2 heterocycles. The zero-order valence-corrected chi connectivity index (χ0v) is 12.4. The monoisotopic (exact) mass is 286 g/mol. The SMILES string of the molecule is CC(Cn1cc(CC(CO)C2CC2)nn1)c1ccccn1. The molecule has 5 heteroatoms. The van der Waals surface area contributed by atoms with Gasteiger partial charge in [0.2, 0.25) is 0 Å². The van der Waals surface area contributed by atoms with Gasteiger partial charge in [-0.15, -0.1) is 5.10 Å². The van der Waals surface area contributed by atoms with Crippen LogP contribution in [0.2, 0.25) is 0 Å². The van der Waals surface area contributed by atoms with E-state index >= 15 is 0 Å². The van der Waals surface area contributed by atoms with Crippen molar-refractivity contribution in [1.29, 1.82) is 0 Å². The van der Waals surface area contributed by atoms with Crippen molar-refractivity contribution < 1.29 is 5.11 Å². The van der Waals surface area contributed by atoms with Crippen LogP contribution >= 0.6 is 0 Å². The summed E-state index contributed by atoms with van der Waals surface area (Å²) in [5, 5.41) is 17.9. The minimum atomic E-state index is 0.252. The molecule has 0 radical (unpaired) electrons. The van der Waals surface area contributed by atoms with Crippen LogP contribution in [-0.2, 0) is 13.0 Å². The zero-order valence-electron chi connectivity index (χ0n) is 12.4. The number of aromatic nitrogens is 4. The molecule has 1 fully saturated rings. The molecule has 3 rings (SSSR count). The number of hydrogen-bond donors (Lipinski definition) is 1. The molecule has 2 aromatic rings. The van der Waals surface area contributed by atoms with Gasteiger partial charge in [0.15, 0.2) is 0 Å². The van der Waals surface area contributed by atoms with Gasteiger partial charge in [-0.3, -0.25) is 9.67 Å². The van der Waals surface area contributed by atoms with Crippen LogP contribution in [0.3, 0.4) is 0 Å². The van der Waals surface area contributed by atoms with Crippen molar-refractivity contribution in [2.75, 3.05) is 6.61 Å². The standard InChI is InChI=1S/C16H22N4O/c1-12(16-4-2-3-7-17-16)9-20-10-15(18-19-20)8-14(11-21)13-5-6-13/h2-4,7,10,12-14,21H,5-6,8-9,11H2,1H3. The maximum atomic E-state index is 9.44. The Morgan fingerprint density at radius 1 is 1.38 bits per heavy atom. The largest absolute Gasteiger partial charge is 0.396 e. The topological polar surface area (TPSA) is 63.8 Å². The predicted molar refractivity (Wildman–Crippen MR) is 79.7 cm³/mol. The molecular weight excluding hydrogens is 264 g/mol. The number of hydrogen-bond acceptors (Lipinski definition) is 4. The Labute approximate surface area is 125 Å². The number of rotatable bonds is 7. The van der Waals surface area contributed by atoms with Gasteiger partial charge in [0.1, 0.15) is 0 Å². The second kappa shape index (κ2) is 6.35. The van der Waals surface area contributed by atoms with Crippen LogP contribution in [0.5, 0.6) is 0 Å². The Hall–Kier alpha value is -1.75. The zero-order chi connectivity index (χ0) is 14.7. The van der Waals surface area contributed by atoms with Crippen LogP contribution in [0.1, 0.15) is 37.1 Å². The molecule has 1 N–H and O–H groups in total. The quantitative estimate of drug-likeness (QED) is 0.846. The van der Waals surface area contributed by atoms with E-state index in [0.717, 1.165) is 24.4 Å². The lowest BCUT2D eigenvalue weighted by Gasteiger charge is -2.10. The van der Waals surface area contributed by atoms with Crippen molar-refractivity contribution in [3.8, 4) is 0 Å². The Balaban J connectivity index is 1.59. The molecule has 0 aliphatic heterocycles. The third-order valence-electron chi connectivity index (χ3n) is 4.23. The fourth-order valence-corrected chi connectivity index (χ4v) is 2.78. The van der Waals surface area contributed by atoms with E-state index in [1.165, 1.54) is 12.8 Å². The molecule has 112 valence electrons. The molecule has 5 nitrogen and oxygen atoms in total. The maximum absolute atomic E-state index is 9.44. The summed E-state index contributed by atoms with van der Waals surface area (Å²) in [4.78, 5) is 4.38. The highest BCUT2D eigenvalue weighted by Crippen LogP contribution is 2.37. The first-order chi connectivity index (χ1) is 10.3. The molecule has 1 aliphatic rings. The van der Waals surface area contributed by atoms with Gasteiger partial charge >= 0.3 is 0 Å². The number of aliphatic hydroxyl groups excluding tert-OH is 1. The second-order valence-corrected chi connectivity index (χ2v) is 6.07. The highest BCUT2D eigenvalue weighted by Gasteiger charge is 2.31. The van der Waals surface area contributed by atoms with Crippen molar-refractivity contribution in [3.05, 3.63) is 42.0 Å². The molecular formula is C16H22N4O. The van der Waals surface area contributed by atoms with Crippen LogP contribution in [-0.4, -0.2) is 31.7 Å². The number of nitrogens with zero attached hydrogens (tertiary/aromatic N) is 4. The Kier molecular flexibility index (Phi) is 4.29. The first kappa shape index (κ1) is 14.2. The molecule has 0 bridgehead atoms. The first-order valence-electron chi connectivity index (χ1n) is 7.67. The Bertz CT molecular complexity index is 565. The summed E-state index contributed by atoms with van der Waals surface area (Å²) >= 11 is 0. The van der Waals surface area contributed by atoms with E-state index in [-0.39, 0.29) is 6.61 Å². The predicted octanol–water partition coefficient (Wildman–Crippen LogP) is 2.04. The lowest BCUT2D eigenvalue weighted by molar-refractivity contribution is 0.208. The van der Waals surface area contributed by atoms with Crippen molar-refractivity contribution >= 4 is 0 Å². The van der Waals surface area contributed by atoms with Gasteiger partial charge in [-0.05, 0) is 43.2 Å². The summed E-state index contributed by atoms with van der Waals surface area (Å²) < 4.78 is 1.88. The Morgan fingerprint density at radius 2 is 2.24 bits per heavy atom. The Morgan fingerprint density at radius 3 is 2.90 bits per heavy atom. The van der Waals surface area contributed by atoms with E-state index < -0.39 is 0 Å². The van der Waals surface area contributed by atoms with Crippen molar-refractivity contribution in [2.45, 2.75) is 38.6 Å². The smallest absolute Gasteiger partial charge is 0.0830 e. The van der Waals surface area contributed by atoms with Gasteiger partial charge in [0, 0.05) is 30.6 Å². The lowest BCUT2D eigenvalue weighted by atomic mass is 9.99. The van der Waals surface area contributed by atoms with Gasteiger partial charge in [-0.2, -0.15) is 0 Å². The van der Waals surface area contributed by atoms with Crippen LogP contribution in [0.15, 0.2) is 30.6 Å². The minimum Gasteiger partial charge on any atom is -0.396 e. The summed E-state index contributed by atoms with van der Waals surface area (Å²) in [5.74, 6) is 1.34. The molecule has 1 saturated carbocycles. The van der Waals surface area contributed by atoms with Crippen LogP contribution in [0.25, 0.3) is 0 Å². The van der Waals surface area contributed by atoms with Gasteiger partial charge in [-0.1, -0.05) is 18.2 Å². The molecule has 2 aromatic heterocycles. The average molecular weight is 286 g/mol. The summed E-state index contributed by atoms with van der Waals surface area (Å²) in [5.41, 5.74) is 2.05. The highest BCUT2D eigenvalue weighted by atomic mass is 16.3. The molecule has 0 spiro atoms. The van der Waals surface area contributed by atoms with Crippen molar-refractivity contribution in [3.63, 3.8) is 0 Å². The van der Waals surface area contributed by atoms with Gasteiger partial charge < -0.3 is 5.11 Å².